The van der Waals surface area contributed by atoms with E-state index in [1.54, 1.807) is 23.9 Å². The van der Waals surface area contributed by atoms with Crippen LogP contribution in [0.2, 0.25) is 0 Å². The molecule has 1 amide bonds. The molecule has 68 valence electrons. The molecule has 0 aliphatic carbocycles. The van der Waals surface area contributed by atoms with Crippen LogP contribution in [0.25, 0.3) is 0 Å². The number of carbonyl (C=O) groups is 2. The molecule has 4 heteroatoms. The van der Waals surface area contributed by atoms with E-state index in [2.05, 4.69) is 5.32 Å². The van der Waals surface area contributed by atoms with Gasteiger partial charge in [-0.1, -0.05) is 0 Å². The van der Waals surface area contributed by atoms with Gasteiger partial charge in [-0.3, -0.25) is 9.59 Å². The summed E-state index contributed by atoms with van der Waals surface area (Å²) in [5, 5.41) is 2.68. The Hall–Kier alpha value is -1.58. The van der Waals surface area contributed by atoms with Gasteiger partial charge in [0.15, 0.2) is 5.78 Å². The van der Waals surface area contributed by atoms with Crippen LogP contribution in [0, 0.1) is 0 Å². The predicted octanol–water partition coefficient (Wildman–Crippen LogP) is 0.341. The number of hydrogen-bond donors (Lipinski definition) is 1. The van der Waals surface area contributed by atoms with Crippen molar-refractivity contribution in [2.75, 3.05) is 6.54 Å². The van der Waals surface area contributed by atoms with Crippen molar-refractivity contribution in [2.45, 2.75) is 6.42 Å². The van der Waals surface area contributed by atoms with Gasteiger partial charge in [0, 0.05) is 31.8 Å². The molecule has 0 aromatic carbocycles. The predicted molar refractivity (Wildman–Crippen MR) is 46.7 cm³/mol. The normalized spacial score (nSPS) is 16.4. The SMILES string of the molecule is Cn1ccc2c1C(=O)NCCC2=O. The monoisotopic (exact) mass is 178 g/mol. The smallest absolute Gasteiger partial charge is 0.268 e. The molecule has 0 spiro atoms. The third-order valence-electron chi connectivity index (χ3n) is 2.23. The highest BCUT2D eigenvalue weighted by Gasteiger charge is 2.23. The van der Waals surface area contributed by atoms with Crippen LogP contribution in [0.3, 0.4) is 0 Å². The fourth-order valence-corrected chi connectivity index (χ4v) is 1.55. The van der Waals surface area contributed by atoms with E-state index in [1.807, 2.05) is 0 Å². The second kappa shape index (κ2) is 2.73. The zero-order valence-electron chi connectivity index (χ0n) is 7.33. The summed E-state index contributed by atoms with van der Waals surface area (Å²) in [6, 6.07) is 1.70. The van der Waals surface area contributed by atoms with Gasteiger partial charge in [0.1, 0.15) is 5.69 Å². The summed E-state index contributed by atoms with van der Waals surface area (Å²) in [6.45, 7) is 0.437. The summed E-state index contributed by atoms with van der Waals surface area (Å²) in [6.07, 6.45) is 2.12. The molecule has 0 saturated heterocycles. The molecular formula is C9H10N2O2. The maximum Gasteiger partial charge on any atom is 0.268 e. The van der Waals surface area contributed by atoms with Gasteiger partial charge in [0.2, 0.25) is 0 Å². The molecule has 4 nitrogen and oxygen atoms in total. The maximum atomic E-state index is 11.5. The maximum absolute atomic E-state index is 11.5. The van der Waals surface area contributed by atoms with E-state index >= 15 is 0 Å². The van der Waals surface area contributed by atoms with Crippen molar-refractivity contribution < 1.29 is 9.59 Å². The highest BCUT2D eigenvalue weighted by Crippen LogP contribution is 2.14. The van der Waals surface area contributed by atoms with Gasteiger partial charge in [-0.05, 0) is 6.07 Å². The van der Waals surface area contributed by atoms with Crippen LogP contribution < -0.4 is 5.32 Å². The van der Waals surface area contributed by atoms with Crippen molar-refractivity contribution in [2.24, 2.45) is 7.05 Å². The Morgan fingerprint density at radius 2 is 2.23 bits per heavy atom. The van der Waals surface area contributed by atoms with Crippen LogP contribution in [0.1, 0.15) is 27.3 Å². The molecule has 0 radical (unpaired) electrons. The molecule has 0 saturated carbocycles. The first-order valence-electron chi connectivity index (χ1n) is 4.17. The molecule has 1 aliphatic rings. The first kappa shape index (κ1) is 8.04. The molecule has 0 fully saturated rings. The average molecular weight is 178 g/mol. The molecular weight excluding hydrogens is 168 g/mol. The Morgan fingerprint density at radius 1 is 1.46 bits per heavy atom. The van der Waals surface area contributed by atoms with Crippen molar-refractivity contribution in [3.05, 3.63) is 23.5 Å². The third-order valence-corrected chi connectivity index (χ3v) is 2.23. The van der Waals surface area contributed by atoms with Gasteiger partial charge in [-0.25, -0.2) is 0 Å². The van der Waals surface area contributed by atoms with Crippen molar-refractivity contribution >= 4 is 11.7 Å². The highest BCUT2D eigenvalue weighted by molar-refractivity contribution is 6.08. The van der Waals surface area contributed by atoms with Gasteiger partial charge < -0.3 is 9.88 Å². The van der Waals surface area contributed by atoms with Crippen LogP contribution in [-0.2, 0) is 7.05 Å². The number of carbonyl (C=O) groups excluding carboxylic acids is 2. The lowest BCUT2D eigenvalue weighted by Crippen LogP contribution is -2.24. The van der Waals surface area contributed by atoms with Crippen molar-refractivity contribution in [1.82, 2.24) is 9.88 Å². The first-order valence-corrected chi connectivity index (χ1v) is 4.17. The molecule has 0 atom stereocenters. The second-order valence-electron chi connectivity index (χ2n) is 3.12. The van der Waals surface area contributed by atoms with Gasteiger partial charge >= 0.3 is 0 Å². The summed E-state index contributed by atoms with van der Waals surface area (Å²) in [5.41, 5.74) is 1.01. The number of aromatic nitrogens is 1. The third kappa shape index (κ3) is 1.14. The number of aryl methyl sites for hydroxylation is 1. The Labute approximate surface area is 75.5 Å². The van der Waals surface area contributed by atoms with E-state index in [0.717, 1.165) is 0 Å². The average Bonchev–Trinajstić information content (AvgIpc) is 2.40. The number of nitrogens with one attached hydrogen (secondary N) is 1. The zero-order valence-corrected chi connectivity index (χ0v) is 7.33. The zero-order chi connectivity index (χ0) is 9.42. The van der Waals surface area contributed by atoms with E-state index < -0.39 is 0 Å². The lowest BCUT2D eigenvalue weighted by molar-refractivity contribution is 0.0948. The summed E-state index contributed by atoms with van der Waals surface area (Å²) in [7, 11) is 1.76. The fraction of sp³-hybridized carbons (Fsp3) is 0.333. The molecule has 13 heavy (non-hydrogen) atoms. The van der Waals surface area contributed by atoms with Crippen LogP contribution in [0.4, 0.5) is 0 Å². The van der Waals surface area contributed by atoms with Crippen LogP contribution in [-0.4, -0.2) is 22.8 Å². The van der Waals surface area contributed by atoms with E-state index in [-0.39, 0.29) is 11.7 Å². The number of fused-ring (bicyclic) bond motifs is 1. The largest absolute Gasteiger partial charge is 0.350 e. The summed E-state index contributed by atoms with van der Waals surface area (Å²) in [4.78, 5) is 22.9. The number of ketones is 1. The highest BCUT2D eigenvalue weighted by atomic mass is 16.2. The standard InChI is InChI=1S/C9H10N2O2/c1-11-5-3-6-7(12)2-4-10-9(13)8(6)11/h3,5H,2,4H2,1H3,(H,10,13). The molecule has 2 heterocycles. The van der Waals surface area contributed by atoms with Crippen molar-refractivity contribution in [1.29, 1.82) is 0 Å². The number of nitrogens with zero attached hydrogens (tertiary/aromatic N) is 1. The van der Waals surface area contributed by atoms with E-state index in [0.29, 0.717) is 24.2 Å². The second-order valence-corrected chi connectivity index (χ2v) is 3.12. The molecule has 0 bridgehead atoms. The summed E-state index contributed by atoms with van der Waals surface area (Å²) in [5.74, 6) is -0.123. The van der Waals surface area contributed by atoms with Crippen molar-refractivity contribution in [3.8, 4) is 0 Å². The molecule has 1 aromatic rings. The minimum Gasteiger partial charge on any atom is -0.350 e. The van der Waals surface area contributed by atoms with E-state index in [4.69, 9.17) is 0 Å². The Bertz CT molecular complexity index is 379. The lowest BCUT2D eigenvalue weighted by Gasteiger charge is -2.01. The number of rotatable bonds is 0. The molecule has 1 aliphatic heterocycles. The van der Waals surface area contributed by atoms with Gasteiger partial charge in [0.25, 0.3) is 5.91 Å². The minimum absolute atomic E-state index is 0.0361. The Balaban J connectivity index is 2.59. The Morgan fingerprint density at radius 3 is 3.00 bits per heavy atom. The van der Waals surface area contributed by atoms with Crippen LogP contribution >= 0.6 is 0 Å². The summed E-state index contributed by atoms with van der Waals surface area (Å²) >= 11 is 0. The topological polar surface area (TPSA) is 51.1 Å². The van der Waals surface area contributed by atoms with E-state index in [9.17, 15) is 9.59 Å². The first-order chi connectivity index (χ1) is 6.20. The number of hydrogen-bond acceptors (Lipinski definition) is 2. The van der Waals surface area contributed by atoms with Gasteiger partial charge in [-0.2, -0.15) is 0 Å². The van der Waals surface area contributed by atoms with Crippen LogP contribution in [0.15, 0.2) is 12.3 Å². The van der Waals surface area contributed by atoms with Crippen LogP contribution in [0.5, 0.6) is 0 Å². The van der Waals surface area contributed by atoms with Crippen molar-refractivity contribution in [3.63, 3.8) is 0 Å². The molecule has 1 N–H and O–H groups in total. The molecule has 1 aromatic heterocycles. The van der Waals surface area contributed by atoms with Gasteiger partial charge in [0.05, 0.1) is 0 Å². The van der Waals surface area contributed by atoms with E-state index in [1.165, 1.54) is 0 Å². The summed E-state index contributed by atoms with van der Waals surface area (Å²) < 4.78 is 1.67. The van der Waals surface area contributed by atoms with Gasteiger partial charge in [-0.15, -0.1) is 0 Å². The Kier molecular flexibility index (Phi) is 1.69. The molecule has 2 rings (SSSR count). The number of amides is 1. The minimum atomic E-state index is -0.159. The fourth-order valence-electron chi connectivity index (χ4n) is 1.55. The number of Topliss-reactive ketones (excluding diaryl/α,β-unsaturated/α-hetero) is 1. The lowest BCUT2D eigenvalue weighted by atomic mass is 10.1. The molecule has 0 unspecified atom stereocenters. The quantitative estimate of drug-likeness (QED) is 0.622.